The van der Waals surface area contributed by atoms with E-state index in [1.165, 1.54) is 0 Å². The maximum absolute atomic E-state index is 12.4. The van der Waals surface area contributed by atoms with E-state index in [1.54, 1.807) is 0 Å². The third-order valence-electron chi connectivity index (χ3n) is 5.43. The van der Waals surface area contributed by atoms with Gasteiger partial charge < -0.3 is 15.1 Å². The van der Waals surface area contributed by atoms with Gasteiger partial charge in [0.15, 0.2) is 0 Å². The van der Waals surface area contributed by atoms with Crippen LogP contribution in [0.5, 0.6) is 0 Å². The summed E-state index contributed by atoms with van der Waals surface area (Å²) in [4.78, 5) is 21.7. The van der Waals surface area contributed by atoms with E-state index < -0.39 is 0 Å². The van der Waals surface area contributed by atoms with Crippen LogP contribution in [0.25, 0.3) is 16.7 Å². The molecule has 6 heteroatoms. The van der Waals surface area contributed by atoms with Crippen LogP contribution in [-0.4, -0.2) is 64.5 Å². The summed E-state index contributed by atoms with van der Waals surface area (Å²) in [6, 6.07) is 16.0. The van der Waals surface area contributed by atoms with Gasteiger partial charge in [-0.05, 0) is 36.9 Å². The molecule has 1 amide bonds. The molecule has 1 aliphatic heterocycles. The number of nitrogens with one attached hydrogen (secondary N) is 1. The Labute approximate surface area is 165 Å². The Bertz CT molecular complexity index is 929. The van der Waals surface area contributed by atoms with Crippen molar-refractivity contribution in [3.05, 3.63) is 54.9 Å². The Morgan fingerprint density at radius 1 is 1.04 bits per heavy atom. The van der Waals surface area contributed by atoms with Crippen molar-refractivity contribution in [1.29, 1.82) is 0 Å². The van der Waals surface area contributed by atoms with Gasteiger partial charge in [-0.3, -0.25) is 9.36 Å². The zero-order valence-electron chi connectivity index (χ0n) is 16.3. The molecule has 0 radical (unpaired) electrons. The zero-order chi connectivity index (χ0) is 19.3. The van der Waals surface area contributed by atoms with E-state index in [1.807, 2.05) is 42.7 Å². The average molecular weight is 377 g/mol. The van der Waals surface area contributed by atoms with Gasteiger partial charge in [-0.15, -0.1) is 0 Å². The van der Waals surface area contributed by atoms with E-state index in [9.17, 15) is 4.79 Å². The van der Waals surface area contributed by atoms with Crippen LogP contribution in [-0.2, 0) is 4.79 Å². The lowest BCUT2D eigenvalue weighted by Crippen LogP contribution is -2.46. The summed E-state index contributed by atoms with van der Waals surface area (Å²) in [6.07, 6.45) is 2.34. The molecule has 0 aliphatic carbocycles. The Morgan fingerprint density at radius 2 is 1.79 bits per heavy atom. The number of para-hydroxylation sites is 1. The summed E-state index contributed by atoms with van der Waals surface area (Å²) >= 11 is 0. The Morgan fingerprint density at radius 3 is 2.54 bits per heavy atom. The van der Waals surface area contributed by atoms with Gasteiger partial charge in [-0.1, -0.05) is 25.1 Å². The third kappa shape index (κ3) is 4.24. The monoisotopic (exact) mass is 377 g/mol. The number of aromatic nitrogens is 2. The summed E-state index contributed by atoms with van der Waals surface area (Å²) in [6.45, 7) is 8.40. The van der Waals surface area contributed by atoms with Crippen LogP contribution in [0.1, 0.15) is 13.3 Å². The number of hydrogen-bond acceptors (Lipinski definition) is 4. The highest BCUT2D eigenvalue weighted by molar-refractivity contribution is 5.93. The first-order chi connectivity index (χ1) is 13.7. The zero-order valence-corrected chi connectivity index (χ0v) is 16.3. The van der Waals surface area contributed by atoms with Crippen molar-refractivity contribution < 1.29 is 4.79 Å². The number of anilines is 1. The Hall–Kier alpha value is -2.70. The Balaban J connectivity index is 1.35. The molecule has 1 fully saturated rings. The first kappa shape index (κ1) is 18.7. The molecule has 28 heavy (non-hydrogen) atoms. The van der Waals surface area contributed by atoms with Gasteiger partial charge in [0.25, 0.3) is 0 Å². The summed E-state index contributed by atoms with van der Waals surface area (Å²) < 4.78 is 2.05. The molecule has 1 aliphatic rings. The quantitative estimate of drug-likeness (QED) is 0.718. The fourth-order valence-corrected chi connectivity index (χ4v) is 3.70. The molecule has 0 saturated carbocycles. The fourth-order valence-electron chi connectivity index (χ4n) is 3.70. The van der Waals surface area contributed by atoms with Gasteiger partial charge in [-0.25, -0.2) is 4.98 Å². The smallest absolute Gasteiger partial charge is 0.225 e. The number of amides is 1. The molecule has 1 saturated heterocycles. The number of carbonyl (C=O) groups is 1. The van der Waals surface area contributed by atoms with Crippen LogP contribution >= 0.6 is 0 Å². The number of likely N-dealkylation sites (N-methyl/N-ethyl adjacent to an activating group) is 1. The second-order valence-corrected chi connectivity index (χ2v) is 7.23. The van der Waals surface area contributed by atoms with Gasteiger partial charge in [0.2, 0.25) is 5.91 Å². The molecular formula is C22H27N5O. The molecule has 1 N–H and O–H groups in total. The van der Waals surface area contributed by atoms with Crippen LogP contribution in [0.4, 0.5) is 5.69 Å². The highest BCUT2D eigenvalue weighted by Gasteiger charge is 2.16. The van der Waals surface area contributed by atoms with Crippen LogP contribution in [0.2, 0.25) is 0 Å². The second-order valence-electron chi connectivity index (χ2n) is 7.23. The molecule has 1 aromatic heterocycles. The van der Waals surface area contributed by atoms with Gasteiger partial charge in [0.1, 0.15) is 6.33 Å². The van der Waals surface area contributed by atoms with Crippen molar-refractivity contribution in [3.63, 3.8) is 0 Å². The molecule has 0 atom stereocenters. The normalized spacial score (nSPS) is 15.8. The standard InChI is InChI=1S/C22H27N5O/c1-2-25-12-14-26(15-13-25)11-10-22(28)24-18-8-9-21-20(16-18)23-17-27(21)19-6-4-3-5-7-19/h3-9,16-17H,2,10-15H2,1H3,(H,24,28). The number of fused-ring (bicyclic) bond motifs is 1. The van der Waals surface area contributed by atoms with Crippen molar-refractivity contribution in [3.8, 4) is 5.69 Å². The molecule has 4 rings (SSSR count). The predicted molar refractivity (Wildman–Crippen MR) is 113 cm³/mol. The molecular weight excluding hydrogens is 350 g/mol. The number of hydrogen-bond donors (Lipinski definition) is 1. The first-order valence-corrected chi connectivity index (χ1v) is 10.00. The number of carbonyl (C=O) groups excluding carboxylic acids is 1. The van der Waals surface area contributed by atoms with Crippen LogP contribution < -0.4 is 5.32 Å². The van der Waals surface area contributed by atoms with Crippen molar-refractivity contribution in [2.45, 2.75) is 13.3 Å². The lowest BCUT2D eigenvalue weighted by Gasteiger charge is -2.33. The average Bonchev–Trinajstić information content (AvgIpc) is 3.16. The minimum atomic E-state index is 0.0553. The maximum Gasteiger partial charge on any atom is 0.225 e. The number of rotatable bonds is 6. The van der Waals surface area contributed by atoms with Gasteiger partial charge >= 0.3 is 0 Å². The number of nitrogens with zero attached hydrogens (tertiary/aromatic N) is 4. The van der Waals surface area contributed by atoms with Crippen LogP contribution in [0.15, 0.2) is 54.9 Å². The topological polar surface area (TPSA) is 53.4 Å². The van der Waals surface area contributed by atoms with E-state index in [2.05, 4.69) is 43.7 Å². The predicted octanol–water partition coefficient (Wildman–Crippen LogP) is 2.99. The van der Waals surface area contributed by atoms with Gasteiger partial charge in [0, 0.05) is 50.5 Å². The Kier molecular flexibility index (Phi) is 5.69. The first-order valence-electron chi connectivity index (χ1n) is 10.00. The summed E-state index contributed by atoms with van der Waals surface area (Å²) in [5.74, 6) is 0.0553. The summed E-state index contributed by atoms with van der Waals surface area (Å²) in [5.41, 5.74) is 3.77. The highest BCUT2D eigenvalue weighted by atomic mass is 16.1. The number of piperazine rings is 1. The lowest BCUT2D eigenvalue weighted by atomic mass is 10.2. The van der Waals surface area contributed by atoms with E-state index in [0.29, 0.717) is 6.42 Å². The van der Waals surface area contributed by atoms with E-state index >= 15 is 0 Å². The molecule has 146 valence electrons. The van der Waals surface area contributed by atoms with E-state index in [-0.39, 0.29) is 5.91 Å². The van der Waals surface area contributed by atoms with Gasteiger partial charge in [0.05, 0.1) is 11.0 Å². The molecule has 2 aromatic carbocycles. The molecule has 3 aromatic rings. The number of benzene rings is 2. The third-order valence-corrected chi connectivity index (χ3v) is 5.43. The summed E-state index contributed by atoms with van der Waals surface area (Å²) in [7, 11) is 0. The lowest BCUT2D eigenvalue weighted by molar-refractivity contribution is -0.116. The van der Waals surface area contributed by atoms with Crippen molar-refractivity contribution in [2.24, 2.45) is 0 Å². The highest BCUT2D eigenvalue weighted by Crippen LogP contribution is 2.21. The second kappa shape index (κ2) is 8.54. The molecule has 0 unspecified atom stereocenters. The van der Waals surface area contributed by atoms with E-state index in [0.717, 1.165) is 61.7 Å². The van der Waals surface area contributed by atoms with Crippen molar-refractivity contribution >= 4 is 22.6 Å². The SMILES string of the molecule is CCN1CCN(CCC(=O)Nc2ccc3c(c2)ncn3-c2ccccc2)CC1. The maximum atomic E-state index is 12.4. The van der Waals surface area contributed by atoms with E-state index in [4.69, 9.17) is 0 Å². The molecule has 0 bridgehead atoms. The number of imidazole rings is 1. The molecule has 0 spiro atoms. The molecule has 2 heterocycles. The largest absolute Gasteiger partial charge is 0.326 e. The van der Waals surface area contributed by atoms with Gasteiger partial charge in [-0.2, -0.15) is 0 Å². The fraction of sp³-hybridized carbons (Fsp3) is 0.364. The van der Waals surface area contributed by atoms with Crippen LogP contribution in [0, 0.1) is 0 Å². The van der Waals surface area contributed by atoms with Crippen molar-refractivity contribution in [2.75, 3.05) is 44.6 Å². The molecule has 6 nitrogen and oxygen atoms in total. The minimum absolute atomic E-state index is 0.0553. The minimum Gasteiger partial charge on any atom is -0.326 e. The summed E-state index contributed by atoms with van der Waals surface area (Å²) in [5, 5.41) is 3.02. The van der Waals surface area contributed by atoms with Crippen LogP contribution in [0.3, 0.4) is 0 Å². The van der Waals surface area contributed by atoms with Crippen molar-refractivity contribution in [1.82, 2.24) is 19.4 Å².